The number of carbonyl (C=O) groups excluding carboxylic acids is 2. The van der Waals surface area contributed by atoms with Crippen LogP contribution >= 0.6 is 0 Å². The molecule has 2 amide bonds. The van der Waals surface area contributed by atoms with Gasteiger partial charge in [-0.3, -0.25) is 9.59 Å². The molecule has 1 atom stereocenters. The van der Waals surface area contributed by atoms with Crippen LogP contribution in [-0.2, 0) is 16.1 Å². The SMILES string of the molecule is CCOc1ccc(NC(=O)C2CCC(=O)N2Cc2c[nH]c3ccccc23)cc1. The molecule has 144 valence electrons. The number of hydrogen-bond acceptors (Lipinski definition) is 3. The van der Waals surface area contributed by atoms with Crippen LogP contribution in [0.1, 0.15) is 25.3 Å². The van der Waals surface area contributed by atoms with Crippen LogP contribution in [0, 0.1) is 0 Å². The van der Waals surface area contributed by atoms with E-state index in [-0.39, 0.29) is 11.8 Å². The van der Waals surface area contributed by atoms with E-state index in [4.69, 9.17) is 4.74 Å². The van der Waals surface area contributed by atoms with Crippen LogP contribution in [0.3, 0.4) is 0 Å². The van der Waals surface area contributed by atoms with Crippen LogP contribution in [0.5, 0.6) is 5.75 Å². The summed E-state index contributed by atoms with van der Waals surface area (Å²) in [5.74, 6) is 0.615. The number of ether oxygens (including phenoxy) is 1. The van der Waals surface area contributed by atoms with Gasteiger partial charge in [0.25, 0.3) is 0 Å². The van der Waals surface area contributed by atoms with Crippen LogP contribution in [0.25, 0.3) is 10.9 Å². The van der Waals surface area contributed by atoms with E-state index in [1.54, 1.807) is 4.90 Å². The lowest BCUT2D eigenvalue weighted by atomic mass is 10.1. The van der Waals surface area contributed by atoms with Crippen LogP contribution in [0.2, 0.25) is 0 Å². The molecule has 0 saturated carbocycles. The molecular formula is C22H23N3O3. The molecule has 1 fully saturated rings. The Morgan fingerprint density at radius 1 is 1.21 bits per heavy atom. The molecule has 28 heavy (non-hydrogen) atoms. The van der Waals surface area contributed by atoms with E-state index in [2.05, 4.69) is 10.3 Å². The summed E-state index contributed by atoms with van der Waals surface area (Å²) in [6.07, 6.45) is 2.84. The first-order valence-corrected chi connectivity index (χ1v) is 9.54. The fourth-order valence-corrected chi connectivity index (χ4v) is 3.68. The summed E-state index contributed by atoms with van der Waals surface area (Å²) in [6, 6.07) is 14.8. The van der Waals surface area contributed by atoms with Gasteiger partial charge in [0.15, 0.2) is 0 Å². The van der Waals surface area contributed by atoms with E-state index in [9.17, 15) is 9.59 Å². The number of rotatable bonds is 6. The maximum atomic E-state index is 12.8. The van der Waals surface area contributed by atoms with E-state index in [0.717, 1.165) is 22.2 Å². The molecule has 1 aromatic heterocycles. The van der Waals surface area contributed by atoms with Crippen LogP contribution < -0.4 is 10.1 Å². The van der Waals surface area contributed by atoms with Crippen LogP contribution in [0.15, 0.2) is 54.7 Å². The van der Waals surface area contributed by atoms with E-state index >= 15 is 0 Å². The molecule has 1 saturated heterocycles. The molecule has 6 nitrogen and oxygen atoms in total. The normalized spacial score (nSPS) is 16.5. The molecule has 1 aliphatic rings. The number of nitrogens with one attached hydrogen (secondary N) is 2. The molecule has 0 radical (unpaired) electrons. The number of aromatic nitrogens is 1. The molecule has 3 aromatic rings. The number of nitrogens with zero attached hydrogens (tertiary/aromatic N) is 1. The van der Waals surface area contributed by atoms with E-state index < -0.39 is 6.04 Å². The molecule has 1 unspecified atom stereocenters. The summed E-state index contributed by atoms with van der Waals surface area (Å²) in [4.78, 5) is 30.2. The zero-order valence-electron chi connectivity index (χ0n) is 15.8. The number of likely N-dealkylation sites (tertiary alicyclic amines) is 1. The molecule has 2 aromatic carbocycles. The zero-order chi connectivity index (χ0) is 19.5. The second-order valence-corrected chi connectivity index (χ2v) is 6.88. The third-order valence-corrected chi connectivity index (χ3v) is 5.08. The van der Waals surface area contributed by atoms with Crippen molar-refractivity contribution in [2.75, 3.05) is 11.9 Å². The fraction of sp³-hybridized carbons (Fsp3) is 0.273. The maximum Gasteiger partial charge on any atom is 0.247 e. The Hall–Kier alpha value is -3.28. The lowest BCUT2D eigenvalue weighted by molar-refractivity contribution is -0.133. The first kappa shape index (κ1) is 18.1. The highest BCUT2D eigenvalue weighted by Crippen LogP contribution is 2.26. The van der Waals surface area contributed by atoms with Crippen molar-refractivity contribution in [3.05, 3.63) is 60.3 Å². The van der Waals surface area contributed by atoms with E-state index in [1.165, 1.54) is 0 Å². The highest BCUT2D eigenvalue weighted by molar-refractivity contribution is 5.99. The Kier molecular flexibility index (Phi) is 5.02. The Bertz CT molecular complexity index is 994. The number of fused-ring (bicyclic) bond motifs is 1. The van der Waals surface area contributed by atoms with Crippen molar-refractivity contribution in [3.8, 4) is 5.75 Å². The maximum absolute atomic E-state index is 12.8. The fourth-order valence-electron chi connectivity index (χ4n) is 3.68. The summed E-state index contributed by atoms with van der Waals surface area (Å²) in [5, 5.41) is 4.00. The minimum absolute atomic E-state index is 0.0112. The van der Waals surface area contributed by atoms with Crippen molar-refractivity contribution in [3.63, 3.8) is 0 Å². The quantitative estimate of drug-likeness (QED) is 0.688. The minimum atomic E-state index is -0.465. The van der Waals surface area contributed by atoms with Gasteiger partial charge >= 0.3 is 0 Å². The zero-order valence-corrected chi connectivity index (χ0v) is 15.8. The van der Waals surface area contributed by atoms with E-state index in [1.807, 2.05) is 61.7 Å². The summed E-state index contributed by atoms with van der Waals surface area (Å²) >= 11 is 0. The number of anilines is 1. The number of hydrogen-bond donors (Lipinski definition) is 2. The topological polar surface area (TPSA) is 74.4 Å². The molecule has 0 aliphatic carbocycles. The lowest BCUT2D eigenvalue weighted by Gasteiger charge is -2.24. The van der Waals surface area contributed by atoms with Gasteiger partial charge in [0.1, 0.15) is 11.8 Å². The average Bonchev–Trinajstić information content (AvgIpc) is 3.28. The van der Waals surface area contributed by atoms with Crippen molar-refractivity contribution in [2.45, 2.75) is 32.4 Å². The largest absolute Gasteiger partial charge is 0.494 e. The second-order valence-electron chi connectivity index (χ2n) is 6.88. The van der Waals surface area contributed by atoms with Gasteiger partial charge in [-0.1, -0.05) is 18.2 Å². The van der Waals surface area contributed by atoms with Crippen molar-refractivity contribution < 1.29 is 14.3 Å². The molecule has 1 aliphatic heterocycles. The minimum Gasteiger partial charge on any atom is -0.494 e. The van der Waals surface area contributed by atoms with Gasteiger partial charge in [-0.15, -0.1) is 0 Å². The number of benzene rings is 2. The summed E-state index contributed by atoms with van der Waals surface area (Å²) < 4.78 is 5.42. The highest BCUT2D eigenvalue weighted by Gasteiger charge is 2.36. The predicted molar refractivity (Wildman–Crippen MR) is 108 cm³/mol. The number of carbonyl (C=O) groups is 2. The molecular weight excluding hydrogens is 354 g/mol. The van der Waals surface area contributed by atoms with Crippen molar-refractivity contribution >= 4 is 28.4 Å². The second kappa shape index (κ2) is 7.76. The molecule has 6 heteroatoms. The Balaban J connectivity index is 1.48. The average molecular weight is 377 g/mol. The smallest absolute Gasteiger partial charge is 0.247 e. The standard InChI is InChI=1S/C22H23N3O3/c1-2-28-17-9-7-16(8-10-17)24-22(27)20-11-12-21(26)25(20)14-15-13-23-19-6-4-3-5-18(15)19/h3-10,13,20,23H,2,11-12,14H2,1H3,(H,24,27). The van der Waals surface area contributed by atoms with Gasteiger partial charge in [-0.2, -0.15) is 0 Å². The highest BCUT2D eigenvalue weighted by atomic mass is 16.5. The predicted octanol–water partition coefficient (Wildman–Crippen LogP) is 3.70. The van der Waals surface area contributed by atoms with Crippen LogP contribution in [-0.4, -0.2) is 34.3 Å². The van der Waals surface area contributed by atoms with Gasteiger partial charge in [0, 0.05) is 35.8 Å². The van der Waals surface area contributed by atoms with Gasteiger partial charge in [0.2, 0.25) is 11.8 Å². The van der Waals surface area contributed by atoms with E-state index in [0.29, 0.717) is 31.7 Å². The third-order valence-electron chi connectivity index (χ3n) is 5.08. The number of H-pyrrole nitrogens is 1. The summed E-state index contributed by atoms with van der Waals surface area (Å²) in [7, 11) is 0. The molecule has 2 N–H and O–H groups in total. The first-order chi connectivity index (χ1) is 13.7. The number of amides is 2. The Morgan fingerprint density at radius 2 is 2.00 bits per heavy atom. The lowest BCUT2D eigenvalue weighted by Crippen LogP contribution is -2.41. The van der Waals surface area contributed by atoms with Gasteiger partial charge in [-0.25, -0.2) is 0 Å². The third kappa shape index (κ3) is 3.58. The summed E-state index contributed by atoms with van der Waals surface area (Å²) in [5.41, 5.74) is 2.74. The number of aromatic amines is 1. The Labute approximate surface area is 163 Å². The Morgan fingerprint density at radius 3 is 2.79 bits per heavy atom. The van der Waals surface area contributed by atoms with Gasteiger partial charge in [-0.05, 0) is 49.2 Å². The monoisotopic (exact) mass is 377 g/mol. The van der Waals surface area contributed by atoms with Crippen molar-refractivity contribution in [1.29, 1.82) is 0 Å². The molecule has 2 heterocycles. The van der Waals surface area contributed by atoms with Crippen LogP contribution in [0.4, 0.5) is 5.69 Å². The summed E-state index contributed by atoms with van der Waals surface area (Å²) in [6.45, 7) is 2.94. The number of para-hydroxylation sites is 1. The first-order valence-electron chi connectivity index (χ1n) is 9.54. The molecule has 0 bridgehead atoms. The van der Waals surface area contributed by atoms with Gasteiger partial charge < -0.3 is 19.9 Å². The molecule has 4 rings (SSSR count). The van der Waals surface area contributed by atoms with Gasteiger partial charge in [0.05, 0.1) is 6.61 Å². The molecule has 0 spiro atoms. The van der Waals surface area contributed by atoms with Crippen molar-refractivity contribution in [1.82, 2.24) is 9.88 Å². The van der Waals surface area contributed by atoms with Crippen molar-refractivity contribution in [2.24, 2.45) is 0 Å².